The molecule has 0 fully saturated rings. The molecule has 1 aromatic rings. The van der Waals surface area contributed by atoms with Gasteiger partial charge in [0.15, 0.2) is 11.5 Å². The van der Waals surface area contributed by atoms with E-state index in [1.54, 1.807) is 18.2 Å². The predicted molar refractivity (Wildman–Crippen MR) is 88.2 cm³/mol. The van der Waals surface area contributed by atoms with Crippen LogP contribution in [0.15, 0.2) is 23.3 Å². The zero-order chi connectivity index (χ0) is 16.9. The monoisotopic (exact) mass is 320 g/mol. The second-order valence-corrected chi connectivity index (χ2v) is 5.26. The zero-order valence-electron chi connectivity index (χ0n) is 13.5. The van der Waals surface area contributed by atoms with Gasteiger partial charge in [0.05, 0.1) is 7.11 Å². The molecule has 126 valence electrons. The van der Waals surface area contributed by atoms with E-state index >= 15 is 0 Å². The van der Waals surface area contributed by atoms with Gasteiger partial charge in [-0.25, -0.2) is 0 Å². The topological polar surface area (TPSA) is 107 Å². The molecule has 0 heterocycles. The first-order valence-corrected chi connectivity index (χ1v) is 7.81. The lowest BCUT2D eigenvalue weighted by molar-refractivity contribution is -0.121. The first-order valence-electron chi connectivity index (χ1n) is 7.81. The van der Waals surface area contributed by atoms with E-state index in [4.69, 9.17) is 10.3 Å². The molecule has 0 aliphatic rings. The van der Waals surface area contributed by atoms with Gasteiger partial charge in [-0.05, 0) is 36.1 Å². The minimum absolute atomic E-state index is 0.0196. The van der Waals surface area contributed by atoms with Gasteiger partial charge in [-0.15, -0.1) is 0 Å². The van der Waals surface area contributed by atoms with Gasteiger partial charge in [-0.3, -0.25) is 4.79 Å². The number of carbonyl (C=O) groups excluding carboxylic acids is 1. The SMILES string of the molecule is COc1cc(CNC(=O)CCCCCCCN=[N+]=[N-])ccc1O. The maximum atomic E-state index is 11.8. The number of azide groups is 1. The molecule has 0 saturated carbocycles. The van der Waals surface area contributed by atoms with Crippen LogP contribution in [0.4, 0.5) is 0 Å². The Morgan fingerprint density at radius 1 is 1.30 bits per heavy atom. The number of nitrogens with one attached hydrogen (secondary N) is 1. The first kappa shape index (κ1) is 18.6. The van der Waals surface area contributed by atoms with Gasteiger partial charge in [0.1, 0.15) is 0 Å². The number of phenols is 1. The van der Waals surface area contributed by atoms with Crippen LogP contribution in [0.3, 0.4) is 0 Å². The number of aromatic hydroxyl groups is 1. The van der Waals surface area contributed by atoms with Gasteiger partial charge >= 0.3 is 0 Å². The van der Waals surface area contributed by atoms with Crippen molar-refractivity contribution in [1.82, 2.24) is 5.32 Å². The number of hydrogen-bond donors (Lipinski definition) is 2. The molecular formula is C16H24N4O3. The Bertz CT molecular complexity index is 542. The third-order valence-corrected chi connectivity index (χ3v) is 3.46. The number of benzene rings is 1. The summed E-state index contributed by atoms with van der Waals surface area (Å²) in [7, 11) is 1.49. The number of unbranched alkanes of at least 4 members (excludes halogenated alkanes) is 4. The van der Waals surface area contributed by atoms with Crippen LogP contribution in [-0.2, 0) is 11.3 Å². The Labute approximate surface area is 136 Å². The van der Waals surface area contributed by atoms with E-state index < -0.39 is 0 Å². The molecule has 7 heteroatoms. The Kier molecular flexibility index (Phi) is 9.09. The van der Waals surface area contributed by atoms with Crippen molar-refractivity contribution >= 4 is 5.91 Å². The van der Waals surface area contributed by atoms with E-state index in [0.29, 0.717) is 25.3 Å². The van der Waals surface area contributed by atoms with Crippen molar-refractivity contribution in [2.45, 2.75) is 45.1 Å². The lowest BCUT2D eigenvalue weighted by atomic mass is 10.1. The minimum Gasteiger partial charge on any atom is -0.504 e. The smallest absolute Gasteiger partial charge is 0.220 e. The highest BCUT2D eigenvalue weighted by molar-refractivity contribution is 5.75. The van der Waals surface area contributed by atoms with Crippen LogP contribution in [0.1, 0.15) is 44.1 Å². The number of carbonyl (C=O) groups is 1. The Hall–Kier alpha value is -2.40. The molecule has 0 bridgehead atoms. The van der Waals surface area contributed by atoms with Crippen molar-refractivity contribution in [3.05, 3.63) is 34.2 Å². The number of amides is 1. The lowest BCUT2D eigenvalue weighted by Gasteiger charge is -2.08. The molecule has 2 N–H and O–H groups in total. The number of methoxy groups -OCH3 is 1. The van der Waals surface area contributed by atoms with Crippen LogP contribution in [0.5, 0.6) is 11.5 Å². The molecule has 0 aliphatic carbocycles. The quantitative estimate of drug-likeness (QED) is 0.281. The molecule has 0 aromatic heterocycles. The van der Waals surface area contributed by atoms with Crippen molar-refractivity contribution in [3.63, 3.8) is 0 Å². The Balaban J connectivity index is 2.13. The molecule has 1 aromatic carbocycles. The van der Waals surface area contributed by atoms with E-state index in [0.717, 1.165) is 37.7 Å². The van der Waals surface area contributed by atoms with Crippen molar-refractivity contribution < 1.29 is 14.6 Å². The van der Waals surface area contributed by atoms with Gasteiger partial charge in [-0.2, -0.15) is 0 Å². The van der Waals surface area contributed by atoms with Crippen LogP contribution >= 0.6 is 0 Å². The summed E-state index contributed by atoms with van der Waals surface area (Å²) < 4.78 is 5.03. The molecule has 0 aliphatic heterocycles. The van der Waals surface area contributed by atoms with Crippen LogP contribution in [0, 0.1) is 0 Å². The van der Waals surface area contributed by atoms with Crippen molar-refractivity contribution in [2.24, 2.45) is 5.11 Å². The van der Waals surface area contributed by atoms with Crippen LogP contribution in [-0.4, -0.2) is 24.7 Å². The summed E-state index contributed by atoms with van der Waals surface area (Å²) in [6, 6.07) is 5.01. The number of nitrogens with zero attached hydrogens (tertiary/aromatic N) is 3. The van der Waals surface area contributed by atoms with Crippen molar-refractivity contribution in [3.8, 4) is 11.5 Å². The predicted octanol–water partition coefficient (Wildman–Crippen LogP) is 3.67. The summed E-state index contributed by atoms with van der Waals surface area (Å²) in [5, 5.41) is 15.8. The van der Waals surface area contributed by atoms with Crippen molar-refractivity contribution in [1.29, 1.82) is 0 Å². The van der Waals surface area contributed by atoms with Gasteiger partial charge in [0, 0.05) is 24.4 Å². The number of hydrogen-bond acceptors (Lipinski definition) is 4. The summed E-state index contributed by atoms with van der Waals surface area (Å²) in [6.07, 6.45) is 5.32. The molecule has 1 rings (SSSR count). The highest BCUT2D eigenvalue weighted by Gasteiger charge is 2.05. The molecule has 0 unspecified atom stereocenters. The highest BCUT2D eigenvalue weighted by Crippen LogP contribution is 2.26. The van der Waals surface area contributed by atoms with E-state index in [-0.39, 0.29) is 11.7 Å². The normalized spacial score (nSPS) is 9.96. The molecule has 1 amide bonds. The van der Waals surface area contributed by atoms with Gasteiger partial charge in [-0.1, -0.05) is 30.4 Å². The maximum Gasteiger partial charge on any atom is 0.220 e. The molecule has 23 heavy (non-hydrogen) atoms. The maximum absolute atomic E-state index is 11.8. The first-order chi connectivity index (χ1) is 11.2. The van der Waals surface area contributed by atoms with Crippen molar-refractivity contribution in [2.75, 3.05) is 13.7 Å². The van der Waals surface area contributed by atoms with Crippen LogP contribution < -0.4 is 10.1 Å². The van der Waals surface area contributed by atoms with Gasteiger partial charge in [0.25, 0.3) is 0 Å². The Morgan fingerprint density at radius 2 is 2.04 bits per heavy atom. The third kappa shape index (κ3) is 7.97. The minimum atomic E-state index is 0.0196. The van der Waals surface area contributed by atoms with Crippen LogP contribution in [0.25, 0.3) is 10.4 Å². The number of rotatable bonds is 11. The zero-order valence-corrected chi connectivity index (χ0v) is 13.5. The summed E-state index contributed by atoms with van der Waals surface area (Å²) in [5.41, 5.74) is 9.02. The third-order valence-electron chi connectivity index (χ3n) is 3.46. The average Bonchev–Trinajstić information content (AvgIpc) is 2.56. The van der Waals surface area contributed by atoms with Gasteiger partial charge in [0.2, 0.25) is 5.91 Å². The number of ether oxygens (including phenoxy) is 1. The van der Waals surface area contributed by atoms with E-state index in [1.165, 1.54) is 7.11 Å². The lowest BCUT2D eigenvalue weighted by Crippen LogP contribution is -2.22. The fraction of sp³-hybridized carbons (Fsp3) is 0.562. The van der Waals surface area contributed by atoms with Crippen LogP contribution in [0.2, 0.25) is 0 Å². The fourth-order valence-corrected chi connectivity index (χ4v) is 2.16. The fourth-order valence-electron chi connectivity index (χ4n) is 2.16. The Morgan fingerprint density at radius 3 is 2.78 bits per heavy atom. The highest BCUT2D eigenvalue weighted by atomic mass is 16.5. The summed E-state index contributed by atoms with van der Waals surface area (Å²) in [6.45, 7) is 0.967. The van der Waals surface area contributed by atoms with Gasteiger partial charge < -0.3 is 15.2 Å². The summed E-state index contributed by atoms with van der Waals surface area (Å²) in [4.78, 5) is 14.5. The van der Waals surface area contributed by atoms with E-state index in [1.807, 2.05) is 0 Å². The molecule has 7 nitrogen and oxygen atoms in total. The standard InChI is InChI=1S/C16H24N4O3/c1-23-15-11-13(8-9-14(15)21)12-18-16(22)7-5-3-2-4-6-10-19-20-17/h8-9,11,21H,2-7,10,12H2,1H3,(H,18,22). The second-order valence-electron chi connectivity index (χ2n) is 5.26. The molecule has 0 saturated heterocycles. The summed E-state index contributed by atoms with van der Waals surface area (Å²) in [5.74, 6) is 0.506. The molecule has 0 radical (unpaired) electrons. The number of phenolic OH excluding ortho intramolecular Hbond substituents is 1. The van der Waals surface area contributed by atoms with E-state index in [9.17, 15) is 9.90 Å². The molecule has 0 spiro atoms. The average molecular weight is 320 g/mol. The molecule has 0 atom stereocenters. The summed E-state index contributed by atoms with van der Waals surface area (Å²) >= 11 is 0. The van der Waals surface area contributed by atoms with E-state index in [2.05, 4.69) is 15.3 Å². The largest absolute Gasteiger partial charge is 0.504 e. The second kappa shape index (κ2) is 11.2. The molecular weight excluding hydrogens is 296 g/mol.